The van der Waals surface area contributed by atoms with Gasteiger partial charge in [-0.25, -0.2) is 0 Å². The summed E-state index contributed by atoms with van der Waals surface area (Å²) in [6, 6.07) is 13.4. The average Bonchev–Trinajstić information content (AvgIpc) is 2.60. The Hall–Kier alpha value is -2.89. The van der Waals surface area contributed by atoms with Crippen LogP contribution in [0.15, 0.2) is 71.4 Å². The van der Waals surface area contributed by atoms with Gasteiger partial charge in [0.2, 0.25) is 0 Å². The van der Waals surface area contributed by atoms with E-state index in [-0.39, 0.29) is 5.75 Å². The summed E-state index contributed by atoms with van der Waals surface area (Å²) < 4.78 is 40.0. The number of hydrogen-bond acceptors (Lipinski definition) is 3. The second-order valence-electron chi connectivity index (χ2n) is 5.53. The third kappa shape index (κ3) is 7.34. The Balaban J connectivity index is 1.86. The number of hydrogen-bond donors (Lipinski definition) is 0. The molecule has 0 aromatic heterocycles. The molecule has 0 radical (unpaired) electrons. The van der Waals surface area contributed by atoms with Gasteiger partial charge in [-0.3, -0.25) is 0 Å². The molecule has 6 heteroatoms. The third-order valence-electron chi connectivity index (χ3n) is 3.45. The Morgan fingerprint density at radius 2 is 1.42 bits per heavy atom. The highest BCUT2D eigenvalue weighted by molar-refractivity contribution is 5.82. The molecule has 0 aliphatic carbocycles. The molecular weight excluding hydrogens is 341 g/mol. The van der Waals surface area contributed by atoms with Gasteiger partial charge in [0.05, 0.1) is 12.4 Å². The standard InChI is InChI=1S/C20H19F3N2O/c1-2-3-4-5-16-6-8-17(9-7-16)14-24-25-15-18-10-12-19(13-11-18)26-20(21,22)23/h2,6-15H,1,3-5H2/b24-14+,25-15-. The zero-order valence-corrected chi connectivity index (χ0v) is 14.1. The molecule has 0 unspecified atom stereocenters. The maximum Gasteiger partial charge on any atom is 0.573 e. The first-order valence-electron chi connectivity index (χ1n) is 8.08. The summed E-state index contributed by atoms with van der Waals surface area (Å²) in [7, 11) is 0. The molecule has 26 heavy (non-hydrogen) atoms. The molecule has 0 saturated heterocycles. The van der Waals surface area contributed by atoms with Crippen molar-refractivity contribution >= 4 is 12.4 Å². The molecule has 2 aromatic carbocycles. The molecule has 0 heterocycles. The van der Waals surface area contributed by atoms with Crippen molar-refractivity contribution in [3.8, 4) is 5.75 Å². The first kappa shape index (κ1) is 19.4. The molecule has 0 fully saturated rings. The van der Waals surface area contributed by atoms with E-state index in [4.69, 9.17) is 0 Å². The Bertz CT molecular complexity index is 748. The van der Waals surface area contributed by atoms with E-state index in [1.807, 2.05) is 30.3 Å². The van der Waals surface area contributed by atoms with Crippen LogP contribution in [0.2, 0.25) is 0 Å². The molecule has 3 nitrogen and oxygen atoms in total. The van der Waals surface area contributed by atoms with Crippen molar-refractivity contribution in [1.82, 2.24) is 0 Å². The van der Waals surface area contributed by atoms with E-state index < -0.39 is 6.36 Å². The van der Waals surface area contributed by atoms with Crippen molar-refractivity contribution in [3.05, 3.63) is 77.9 Å². The number of benzene rings is 2. The monoisotopic (exact) mass is 360 g/mol. The topological polar surface area (TPSA) is 34.0 Å². The maximum atomic E-state index is 12.1. The van der Waals surface area contributed by atoms with Crippen LogP contribution in [0.25, 0.3) is 0 Å². The van der Waals surface area contributed by atoms with Crippen LogP contribution in [0.5, 0.6) is 5.75 Å². The summed E-state index contributed by atoms with van der Waals surface area (Å²) in [6.45, 7) is 3.71. The van der Waals surface area contributed by atoms with Gasteiger partial charge in [0.15, 0.2) is 0 Å². The van der Waals surface area contributed by atoms with Gasteiger partial charge in [0, 0.05) is 0 Å². The lowest BCUT2D eigenvalue weighted by Crippen LogP contribution is -2.16. The second-order valence-corrected chi connectivity index (χ2v) is 5.53. The van der Waals surface area contributed by atoms with Crippen LogP contribution >= 0.6 is 0 Å². The van der Waals surface area contributed by atoms with Crippen LogP contribution in [-0.4, -0.2) is 18.8 Å². The van der Waals surface area contributed by atoms with Crippen molar-refractivity contribution in [3.63, 3.8) is 0 Å². The van der Waals surface area contributed by atoms with Gasteiger partial charge in [0.25, 0.3) is 0 Å². The number of rotatable bonds is 8. The minimum absolute atomic E-state index is 0.272. The van der Waals surface area contributed by atoms with Crippen molar-refractivity contribution < 1.29 is 17.9 Å². The number of ether oxygens (including phenoxy) is 1. The van der Waals surface area contributed by atoms with Crippen LogP contribution in [0, 0.1) is 0 Å². The Morgan fingerprint density at radius 3 is 1.92 bits per heavy atom. The first-order chi connectivity index (χ1) is 12.5. The fourth-order valence-corrected chi connectivity index (χ4v) is 2.18. The van der Waals surface area contributed by atoms with E-state index >= 15 is 0 Å². The van der Waals surface area contributed by atoms with Crippen LogP contribution in [-0.2, 0) is 6.42 Å². The summed E-state index contributed by atoms with van der Waals surface area (Å²) in [5.41, 5.74) is 2.80. The minimum Gasteiger partial charge on any atom is -0.406 e. The Labute approximate surface area is 150 Å². The van der Waals surface area contributed by atoms with Gasteiger partial charge < -0.3 is 4.74 Å². The lowest BCUT2D eigenvalue weighted by molar-refractivity contribution is -0.274. The highest BCUT2D eigenvalue weighted by Crippen LogP contribution is 2.22. The zero-order chi connectivity index (χ0) is 18.8. The number of nitrogens with zero attached hydrogens (tertiary/aromatic N) is 2. The predicted molar refractivity (Wildman–Crippen MR) is 97.9 cm³/mol. The van der Waals surface area contributed by atoms with Gasteiger partial charge in [-0.05, 0) is 60.2 Å². The average molecular weight is 360 g/mol. The molecule has 0 aliphatic rings. The van der Waals surface area contributed by atoms with Crippen molar-refractivity contribution in [1.29, 1.82) is 0 Å². The molecule has 136 valence electrons. The van der Waals surface area contributed by atoms with Crippen LogP contribution in [0.4, 0.5) is 13.2 Å². The van der Waals surface area contributed by atoms with E-state index in [0.717, 1.165) is 24.8 Å². The van der Waals surface area contributed by atoms with Gasteiger partial charge in [0.1, 0.15) is 5.75 Å². The molecular formula is C20H19F3N2O. The fourth-order valence-electron chi connectivity index (χ4n) is 2.18. The third-order valence-corrected chi connectivity index (χ3v) is 3.45. The largest absolute Gasteiger partial charge is 0.573 e. The number of aryl methyl sites for hydroxylation is 1. The minimum atomic E-state index is -4.69. The van der Waals surface area contributed by atoms with Gasteiger partial charge >= 0.3 is 6.36 Å². The van der Waals surface area contributed by atoms with Crippen molar-refractivity contribution in [2.45, 2.75) is 25.6 Å². The van der Waals surface area contributed by atoms with E-state index in [9.17, 15) is 13.2 Å². The molecule has 0 atom stereocenters. The summed E-state index contributed by atoms with van der Waals surface area (Å²) in [6.07, 6.45) is 3.38. The second kappa shape index (κ2) is 9.56. The maximum absolute atomic E-state index is 12.1. The molecule has 0 N–H and O–H groups in total. The van der Waals surface area contributed by atoms with Crippen molar-refractivity contribution in [2.75, 3.05) is 0 Å². The van der Waals surface area contributed by atoms with E-state index in [2.05, 4.69) is 21.5 Å². The first-order valence-corrected chi connectivity index (χ1v) is 8.08. The summed E-state index contributed by atoms with van der Waals surface area (Å²) in [5, 5.41) is 7.84. The number of halogens is 3. The van der Waals surface area contributed by atoms with Crippen LogP contribution in [0.3, 0.4) is 0 Å². The summed E-state index contributed by atoms with van der Waals surface area (Å²) in [5.74, 6) is -0.272. The highest BCUT2D eigenvalue weighted by atomic mass is 19.4. The molecule has 0 bridgehead atoms. The molecule has 0 aliphatic heterocycles. The summed E-state index contributed by atoms with van der Waals surface area (Å²) >= 11 is 0. The predicted octanol–water partition coefficient (Wildman–Crippen LogP) is 5.55. The molecule has 2 rings (SSSR count). The van der Waals surface area contributed by atoms with Crippen LogP contribution < -0.4 is 4.74 Å². The molecule has 0 amide bonds. The highest BCUT2D eigenvalue weighted by Gasteiger charge is 2.30. The van der Waals surface area contributed by atoms with E-state index in [0.29, 0.717) is 5.56 Å². The van der Waals surface area contributed by atoms with E-state index in [1.54, 1.807) is 6.21 Å². The van der Waals surface area contributed by atoms with Crippen LogP contribution in [0.1, 0.15) is 29.5 Å². The molecule has 0 saturated carbocycles. The fraction of sp³-hybridized carbons (Fsp3) is 0.200. The normalized spacial score (nSPS) is 12.0. The van der Waals surface area contributed by atoms with Crippen molar-refractivity contribution in [2.24, 2.45) is 10.2 Å². The van der Waals surface area contributed by atoms with E-state index in [1.165, 1.54) is 36.0 Å². The number of alkyl halides is 3. The Morgan fingerprint density at radius 1 is 0.885 bits per heavy atom. The lowest BCUT2D eigenvalue weighted by Gasteiger charge is -2.08. The number of allylic oxidation sites excluding steroid dienone is 1. The SMILES string of the molecule is C=CCCCc1ccc(/C=N/N=C\c2ccc(OC(F)(F)F)cc2)cc1. The van der Waals surface area contributed by atoms with Gasteiger partial charge in [-0.2, -0.15) is 10.2 Å². The zero-order valence-electron chi connectivity index (χ0n) is 14.1. The quantitative estimate of drug-likeness (QED) is 0.263. The summed E-state index contributed by atoms with van der Waals surface area (Å²) in [4.78, 5) is 0. The molecule has 2 aromatic rings. The lowest BCUT2D eigenvalue weighted by atomic mass is 10.1. The number of unbranched alkanes of at least 4 members (excludes halogenated alkanes) is 1. The molecule has 0 spiro atoms. The smallest absolute Gasteiger partial charge is 0.406 e. The van der Waals surface area contributed by atoms with Gasteiger partial charge in [-0.1, -0.05) is 30.3 Å². The van der Waals surface area contributed by atoms with Gasteiger partial charge in [-0.15, -0.1) is 19.8 Å². The Kier molecular flexibility index (Phi) is 7.14.